The van der Waals surface area contributed by atoms with E-state index >= 15 is 0 Å². The van der Waals surface area contributed by atoms with Gasteiger partial charge >= 0.3 is 0 Å². The van der Waals surface area contributed by atoms with Gasteiger partial charge in [0.05, 0.1) is 35.9 Å². The molecule has 6 heteroatoms. The molecule has 4 atom stereocenters. The van der Waals surface area contributed by atoms with Crippen LogP contribution in [0.4, 0.5) is 0 Å². The Hall–Kier alpha value is -3.74. The molecule has 2 saturated heterocycles. The van der Waals surface area contributed by atoms with Gasteiger partial charge in [-0.25, -0.2) is 9.97 Å². The Balaban J connectivity index is 0.929. The summed E-state index contributed by atoms with van der Waals surface area (Å²) in [6, 6.07) is 23.9. The summed E-state index contributed by atoms with van der Waals surface area (Å²) in [6.45, 7) is 1.14. The Bertz CT molecular complexity index is 1760. The van der Waals surface area contributed by atoms with E-state index in [0.29, 0.717) is 17.5 Å². The number of nitrogens with one attached hydrogen (secondary N) is 3. The first-order valence-corrected chi connectivity index (χ1v) is 15.3. The van der Waals surface area contributed by atoms with Crippen molar-refractivity contribution in [2.75, 3.05) is 13.6 Å². The van der Waals surface area contributed by atoms with Crippen molar-refractivity contribution in [2.45, 2.75) is 56.7 Å². The SMILES string of the molecule is CN1C2CCC(C2)C1c1ncc(-c2ccc(-c3ccc4cc(-c5cnc(C6CC7(CC7)CN6)[nH]5)ccc4c3)cc2)[nH]1. The van der Waals surface area contributed by atoms with Crippen molar-refractivity contribution < 1.29 is 0 Å². The van der Waals surface area contributed by atoms with E-state index in [-0.39, 0.29) is 0 Å². The molecule has 4 aliphatic rings. The first-order chi connectivity index (χ1) is 20.1. The highest BCUT2D eigenvalue weighted by Gasteiger charge is 2.49. The van der Waals surface area contributed by atoms with Crippen LogP contribution >= 0.6 is 0 Å². The molecule has 0 amide bonds. The smallest absolute Gasteiger partial charge is 0.124 e. The number of fused-ring (bicyclic) bond motifs is 3. The van der Waals surface area contributed by atoms with Crippen LogP contribution in [0.25, 0.3) is 44.4 Å². The molecule has 206 valence electrons. The van der Waals surface area contributed by atoms with E-state index < -0.39 is 0 Å². The molecule has 1 spiro atoms. The van der Waals surface area contributed by atoms with Crippen molar-refractivity contribution in [1.29, 1.82) is 0 Å². The van der Waals surface area contributed by atoms with Gasteiger partial charge in [0.2, 0.25) is 0 Å². The van der Waals surface area contributed by atoms with Gasteiger partial charge in [-0.15, -0.1) is 0 Å². The third kappa shape index (κ3) is 3.99. The predicted octanol–water partition coefficient (Wildman–Crippen LogP) is 7.26. The second kappa shape index (κ2) is 8.88. The number of hydrogen-bond donors (Lipinski definition) is 3. The van der Waals surface area contributed by atoms with Crippen LogP contribution in [-0.4, -0.2) is 44.5 Å². The van der Waals surface area contributed by atoms with Crippen LogP contribution < -0.4 is 5.32 Å². The monoisotopic (exact) mass is 540 g/mol. The van der Waals surface area contributed by atoms with Crippen molar-refractivity contribution in [1.82, 2.24) is 30.2 Å². The molecule has 0 radical (unpaired) electrons. The van der Waals surface area contributed by atoms with Crippen molar-refractivity contribution in [2.24, 2.45) is 11.3 Å². The van der Waals surface area contributed by atoms with Crippen LogP contribution in [0.1, 0.15) is 62.3 Å². The third-order valence-electron chi connectivity index (χ3n) is 10.7. The van der Waals surface area contributed by atoms with Gasteiger partial charge in [-0.3, -0.25) is 4.90 Å². The number of aromatic amines is 2. The number of piperidine rings is 1. The Labute approximate surface area is 240 Å². The van der Waals surface area contributed by atoms with Gasteiger partial charge in [-0.05, 0) is 96.5 Å². The normalized spacial score (nSPS) is 26.5. The van der Waals surface area contributed by atoms with Crippen molar-refractivity contribution >= 4 is 10.8 Å². The highest BCUT2D eigenvalue weighted by molar-refractivity contribution is 5.90. The molecule has 2 aromatic heterocycles. The molecule has 2 aliphatic heterocycles. The molecule has 5 aromatic rings. The number of aromatic nitrogens is 4. The Morgan fingerprint density at radius 2 is 1.41 bits per heavy atom. The molecule has 41 heavy (non-hydrogen) atoms. The quantitative estimate of drug-likeness (QED) is 0.219. The van der Waals surface area contributed by atoms with Crippen molar-refractivity contribution in [3.63, 3.8) is 0 Å². The van der Waals surface area contributed by atoms with E-state index in [0.717, 1.165) is 41.5 Å². The zero-order valence-corrected chi connectivity index (χ0v) is 23.5. The number of imidazole rings is 2. The summed E-state index contributed by atoms with van der Waals surface area (Å²) in [4.78, 5) is 19.3. The Kier molecular flexibility index (Phi) is 5.18. The van der Waals surface area contributed by atoms with Crippen LogP contribution in [0.2, 0.25) is 0 Å². The van der Waals surface area contributed by atoms with Gasteiger partial charge in [0, 0.05) is 18.2 Å². The fourth-order valence-corrected chi connectivity index (χ4v) is 8.02. The maximum absolute atomic E-state index is 4.81. The number of likely N-dealkylation sites (tertiary alicyclic amines) is 1. The fourth-order valence-electron chi connectivity index (χ4n) is 8.02. The van der Waals surface area contributed by atoms with Gasteiger partial charge in [0.25, 0.3) is 0 Å². The molecular formula is C35H36N6. The number of nitrogens with zero attached hydrogens (tertiary/aromatic N) is 3. The van der Waals surface area contributed by atoms with Crippen molar-refractivity contribution in [3.8, 4) is 33.6 Å². The van der Waals surface area contributed by atoms with Crippen LogP contribution in [-0.2, 0) is 0 Å². The van der Waals surface area contributed by atoms with E-state index in [1.165, 1.54) is 71.6 Å². The molecule has 3 aromatic carbocycles. The van der Waals surface area contributed by atoms with E-state index in [1.807, 2.05) is 12.4 Å². The zero-order chi connectivity index (χ0) is 27.1. The predicted molar refractivity (Wildman–Crippen MR) is 163 cm³/mol. The van der Waals surface area contributed by atoms with E-state index in [9.17, 15) is 0 Å². The first kappa shape index (κ1) is 23.9. The fraction of sp³-hybridized carbons (Fsp3) is 0.371. The molecule has 9 rings (SSSR count). The average molecular weight is 541 g/mol. The third-order valence-corrected chi connectivity index (χ3v) is 10.7. The van der Waals surface area contributed by atoms with Gasteiger partial charge in [0.1, 0.15) is 11.6 Å². The zero-order valence-electron chi connectivity index (χ0n) is 23.5. The first-order valence-electron chi connectivity index (χ1n) is 15.3. The largest absolute Gasteiger partial charge is 0.341 e. The summed E-state index contributed by atoms with van der Waals surface area (Å²) < 4.78 is 0. The molecule has 6 nitrogen and oxygen atoms in total. The van der Waals surface area contributed by atoms with Crippen LogP contribution in [0, 0.1) is 11.3 Å². The summed E-state index contributed by atoms with van der Waals surface area (Å²) in [5.41, 5.74) is 7.58. The second-order valence-electron chi connectivity index (χ2n) is 13.2. The molecule has 4 heterocycles. The van der Waals surface area contributed by atoms with Gasteiger partial charge in [-0.1, -0.05) is 48.5 Å². The molecule has 2 bridgehead atoms. The standard InChI is InChI=1S/C35H36N6/c1-41-28-11-10-27(16-28)32(41)34-37-18-30(40-34)22-4-2-21(3-5-22)23-6-7-25-15-26(9-8-24(25)14-23)31-19-36-33(39-31)29-17-35(12-13-35)20-38-29/h2-9,14-15,18-19,27-29,32,38H,10-13,16-17,20H2,1H3,(H,36,39)(H,37,40). The average Bonchev–Trinajstić information content (AvgIpc) is 3.62. The maximum atomic E-state index is 4.81. The van der Waals surface area contributed by atoms with E-state index in [4.69, 9.17) is 9.97 Å². The van der Waals surface area contributed by atoms with Crippen LogP contribution in [0.5, 0.6) is 0 Å². The minimum atomic E-state index is 0.361. The van der Waals surface area contributed by atoms with Gasteiger partial charge in [0.15, 0.2) is 0 Å². The number of H-pyrrole nitrogens is 2. The van der Waals surface area contributed by atoms with Crippen molar-refractivity contribution in [3.05, 3.63) is 84.7 Å². The summed E-state index contributed by atoms with van der Waals surface area (Å²) in [5, 5.41) is 6.16. The van der Waals surface area contributed by atoms with E-state index in [2.05, 4.69) is 87.9 Å². The molecule has 3 N–H and O–H groups in total. The topological polar surface area (TPSA) is 72.6 Å². The highest BCUT2D eigenvalue weighted by Crippen LogP contribution is 2.54. The van der Waals surface area contributed by atoms with Crippen LogP contribution in [0.3, 0.4) is 0 Å². The molecular weight excluding hydrogens is 504 g/mol. The van der Waals surface area contributed by atoms with Crippen LogP contribution in [0.15, 0.2) is 73.1 Å². The van der Waals surface area contributed by atoms with E-state index in [1.54, 1.807) is 0 Å². The lowest BCUT2D eigenvalue weighted by Crippen LogP contribution is -2.31. The maximum Gasteiger partial charge on any atom is 0.124 e. The van der Waals surface area contributed by atoms with Gasteiger partial charge < -0.3 is 15.3 Å². The summed E-state index contributed by atoms with van der Waals surface area (Å²) in [5.74, 6) is 2.95. The molecule has 4 unspecified atom stereocenters. The lowest BCUT2D eigenvalue weighted by atomic mass is 9.98. The number of benzene rings is 3. The summed E-state index contributed by atoms with van der Waals surface area (Å²) >= 11 is 0. The molecule has 4 fully saturated rings. The Morgan fingerprint density at radius 3 is 2.15 bits per heavy atom. The lowest BCUT2D eigenvalue weighted by molar-refractivity contribution is 0.171. The summed E-state index contributed by atoms with van der Waals surface area (Å²) in [6.07, 6.45) is 11.9. The molecule has 2 saturated carbocycles. The second-order valence-corrected chi connectivity index (χ2v) is 13.2. The number of hydrogen-bond acceptors (Lipinski definition) is 4. The minimum absolute atomic E-state index is 0.361. The summed E-state index contributed by atoms with van der Waals surface area (Å²) in [7, 11) is 2.26. The minimum Gasteiger partial charge on any atom is -0.341 e. The number of rotatable bonds is 5. The highest BCUT2D eigenvalue weighted by atomic mass is 15.2. The van der Waals surface area contributed by atoms with Gasteiger partial charge in [-0.2, -0.15) is 0 Å². The Morgan fingerprint density at radius 1 is 0.756 bits per heavy atom. The lowest BCUT2D eigenvalue weighted by Gasteiger charge is -2.30. The molecule has 2 aliphatic carbocycles.